The third-order valence-electron chi connectivity index (χ3n) is 4.27. The molecule has 0 aliphatic carbocycles. The van der Waals surface area contributed by atoms with Gasteiger partial charge in [0.15, 0.2) is 38.3 Å². The second kappa shape index (κ2) is 11.3. The highest BCUT2D eigenvalue weighted by Gasteiger charge is 2.32. The van der Waals surface area contributed by atoms with E-state index in [2.05, 4.69) is 10.1 Å². The number of hydrogen-bond donors (Lipinski definition) is 2. The highest BCUT2D eigenvalue weighted by Crippen LogP contribution is 2.37. The summed E-state index contributed by atoms with van der Waals surface area (Å²) in [6.45, 7) is 3.53. The Hall–Kier alpha value is -2.92. The Labute approximate surface area is 189 Å². The van der Waals surface area contributed by atoms with E-state index in [4.69, 9.17) is 24.5 Å². The first-order chi connectivity index (χ1) is 15.8. The van der Waals surface area contributed by atoms with Crippen LogP contribution in [0.15, 0.2) is 53.2 Å². The highest BCUT2D eigenvalue weighted by atomic mass is 31.2. The Morgan fingerprint density at radius 2 is 2.09 bits per heavy atom. The molecule has 0 amide bonds. The van der Waals surface area contributed by atoms with Gasteiger partial charge in [-0.15, -0.1) is 0 Å². The molecule has 2 aromatic rings. The molecule has 1 aromatic carbocycles. The Morgan fingerprint density at radius 1 is 1.36 bits per heavy atom. The van der Waals surface area contributed by atoms with Crippen LogP contribution in [0.3, 0.4) is 0 Å². The molecule has 0 saturated heterocycles. The van der Waals surface area contributed by atoms with Crippen molar-refractivity contribution in [2.24, 2.45) is 0 Å². The van der Waals surface area contributed by atoms with Gasteiger partial charge in [0.25, 0.3) is 0 Å². The van der Waals surface area contributed by atoms with E-state index in [0.717, 1.165) is 6.08 Å². The van der Waals surface area contributed by atoms with Gasteiger partial charge in [0, 0.05) is 6.08 Å². The predicted molar refractivity (Wildman–Crippen MR) is 115 cm³/mol. The molecule has 1 aliphatic rings. The maximum absolute atomic E-state index is 14.4. The van der Waals surface area contributed by atoms with Crippen molar-refractivity contribution in [1.29, 1.82) is 0 Å². The van der Waals surface area contributed by atoms with Crippen LogP contribution >= 0.6 is 8.30 Å². The van der Waals surface area contributed by atoms with Crippen LogP contribution in [0.1, 0.15) is 20.1 Å². The number of rotatable bonds is 10. The van der Waals surface area contributed by atoms with Gasteiger partial charge < -0.3 is 24.5 Å². The molecule has 3 rings (SSSR count). The van der Waals surface area contributed by atoms with E-state index in [-0.39, 0.29) is 13.0 Å². The molecular formula is C20H23F2N4O6P. The molecule has 178 valence electrons. The highest BCUT2D eigenvalue weighted by molar-refractivity contribution is 7.50. The second-order valence-corrected chi connectivity index (χ2v) is 8.21. The first kappa shape index (κ1) is 24.7. The van der Waals surface area contributed by atoms with Gasteiger partial charge in [0.05, 0.1) is 12.8 Å². The number of nitrogens with two attached hydrogens (primary N) is 1. The Kier molecular flexibility index (Phi) is 8.45. The molecule has 1 aromatic heterocycles. The van der Waals surface area contributed by atoms with Crippen LogP contribution in [0.2, 0.25) is 0 Å². The van der Waals surface area contributed by atoms with Crippen molar-refractivity contribution >= 4 is 20.1 Å². The lowest BCUT2D eigenvalue weighted by Gasteiger charge is -2.24. The molecule has 0 fully saturated rings. The van der Waals surface area contributed by atoms with Gasteiger partial charge in [0.1, 0.15) is 18.1 Å². The van der Waals surface area contributed by atoms with Crippen LogP contribution in [-0.2, 0) is 19.0 Å². The average molecular weight is 484 g/mol. The zero-order valence-corrected chi connectivity index (χ0v) is 18.7. The van der Waals surface area contributed by atoms with Crippen molar-refractivity contribution in [3.63, 3.8) is 0 Å². The quantitative estimate of drug-likeness (QED) is 0.386. The van der Waals surface area contributed by atoms with E-state index in [1.807, 2.05) is 6.07 Å². The standard InChI is InChI=1S/C20H23F2N4O6P/c1-3-29-19(27)12(2)25-33(32-13-7-5-4-6-8-13)11-30-16-9-14(21)18(31-16)26-10-15(22)17(23)24-20(26)28/h4-10,12,16,18,25H,3,11H2,1-2H3,(H2,23,24,28)/t12-,16?,18?,33?/m0/s1. The predicted octanol–water partition coefficient (Wildman–Crippen LogP) is 2.58. The van der Waals surface area contributed by atoms with Crippen LogP contribution in [0.5, 0.6) is 5.75 Å². The third-order valence-corrected chi connectivity index (χ3v) is 5.76. The van der Waals surface area contributed by atoms with E-state index in [0.29, 0.717) is 16.5 Å². The van der Waals surface area contributed by atoms with Gasteiger partial charge in [-0.05, 0) is 26.0 Å². The van der Waals surface area contributed by atoms with Crippen molar-refractivity contribution in [3.8, 4) is 5.75 Å². The molecule has 4 atom stereocenters. The second-order valence-electron chi connectivity index (χ2n) is 6.75. The van der Waals surface area contributed by atoms with Gasteiger partial charge in [-0.3, -0.25) is 9.36 Å². The number of para-hydroxylation sites is 1. The number of nitrogens with one attached hydrogen (secondary N) is 1. The fraction of sp³-hybridized carbons (Fsp3) is 0.350. The molecule has 0 spiro atoms. The van der Waals surface area contributed by atoms with E-state index in [1.165, 1.54) is 0 Å². The van der Waals surface area contributed by atoms with E-state index < -0.39 is 56.0 Å². The normalized spacial score (nSPS) is 19.6. The summed E-state index contributed by atoms with van der Waals surface area (Å²) in [6, 6.07) is 8.12. The summed E-state index contributed by atoms with van der Waals surface area (Å²) in [5, 5.41) is 3.00. The maximum atomic E-state index is 14.4. The molecule has 1 aliphatic heterocycles. The number of halogens is 2. The van der Waals surface area contributed by atoms with Crippen molar-refractivity contribution < 1.29 is 32.3 Å². The molecule has 0 saturated carbocycles. The molecule has 0 bridgehead atoms. The molecule has 2 heterocycles. The van der Waals surface area contributed by atoms with Crippen molar-refractivity contribution in [1.82, 2.24) is 14.6 Å². The summed E-state index contributed by atoms with van der Waals surface area (Å²) >= 11 is 0. The summed E-state index contributed by atoms with van der Waals surface area (Å²) in [5.41, 5.74) is 4.27. The molecule has 3 N–H and O–H groups in total. The number of carbonyl (C=O) groups is 1. The fourth-order valence-electron chi connectivity index (χ4n) is 2.73. The number of nitrogen functional groups attached to an aromatic ring is 1. The first-order valence-corrected chi connectivity index (χ1v) is 11.3. The number of esters is 1. The summed E-state index contributed by atoms with van der Waals surface area (Å²) in [4.78, 5) is 27.2. The van der Waals surface area contributed by atoms with Crippen molar-refractivity contribution in [2.45, 2.75) is 32.4 Å². The van der Waals surface area contributed by atoms with Crippen LogP contribution in [-0.4, -0.2) is 40.8 Å². The summed E-state index contributed by atoms with van der Waals surface area (Å²) in [6.07, 6.45) is -1.17. The van der Waals surface area contributed by atoms with Crippen LogP contribution < -0.4 is 21.0 Å². The monoisotopic (exact) mass is 484 g/mol. The fourth-order valence-corrected chi connectivity index (χ4v) is 4.11. The number of carbonyl (C=O) groups excluding carboxylic acids is 1. The lowest BCUT2D eigenvalue weighted by molar-refractivity contribution is -0.144. The molecule has 3 unspecified atom stereocenters. The maximum Gasteiger partial charge on any atom is 0.352 e. The molecule has 13 heteroatoms. The lowest BCUT2D eigenvalue weighted by atomic mass is 10.3. The topological polar surface area (TPSA) is 127 Å². The molecule has 0 radical (unpaired) electrons. The van der Waals surface area contributed by atoms with Gasteiger partial charge in [-0.2, -0.15) is 4.98 Å². The summed E-state index contributed by atoms with van der Waals surface area (Å²) in [5.74, 6) is -2.40. The summed E-state index contributed by atoms with van der Waals surface area (Å²) < 4.78 is 50.6. The van der Waals surface area contributed by atoms with Gasteiger partial charge in [0.2, 0.25) is 0 Å². The first-order valence-electron chi connectivity index (χ1n) is 9.90. The number of benzene rings is 1. The number of hydrogen-bond acceptors (Lipinski definition) is 9. The number of anilines is 1. The third kappa shape index (κ3) is 6.55. The minimum atomic E-state index is -1.60. The molecule has 10 nitrogen and oxygen atoms in total. The van der Waals surface area contributed by atoms with Crippen molar-refractivity contribution in [2.75, 3.05) is 18.7 Å². The van der Waals surface area contributed by atoms with Crippen molar-refractivity contribution in [3.05, 3.63) is 64.7 Å². The van der Waals surface area contributed by atoms with Crippen LogP contribution in [0.4, 0.5) is 14.6 Å². The average Bonchev–Trinajstić information content (AvgIpc) is 3.15. The van der Waals surface area contributed by atoms with Gasteiger partial charge in [-0.25, -0.2) is 18.7 Å². The minimum absolute atomic E-state index is 0.113. The minimum Gasteiger partial charge on any atom is -0.465 e. The Balaban J connectivity index is 1.66. The van der Waals surface area contributed by atoms with Gasteiger partial charge >= 0.3 is 11.7 Å². The number of ether oxygens (including phenoxy) is 3. The largest absolute Gasteiger partial charge is 0.465 e. The number of nitrogens with zero attached hydrogens (tertiary/aromatic N) is 2. The SMILES string of the molecule is CCOC(=O)[C@H](C)NP(COC1C=C(F)C(n2cc(F)c(N)nc2=O)O1)Oc1ccccc1. The smallest absolute Gasteiger partial charge is 0.352 e. The Morgan fingerprint density at radius 3 is 2.79 bits per heavy atom. The van der Waals surface area contributed by atoms with E-state index in [1.54, 1.807) is 38.1 Å². The zero-order chi connectivity index (χ0) is 24.0. The molecule has 33 heavy (non-hydrogen) atoms. The van der Waals surface area contributed by atoms with Gasteiger partial charge in [-0.1, -0.05) is 18.2 Å². The van der Waals surface area contributed by atoms with E-state index in [9.17, 15) is 18.4 Å². The van der Waals surface area contributed by atoms with Crippen LogP contribution in [0, 0.1) is 5.82 Å². The number of aromatic nitrogens is 2. The zero-order valence-electron chi connectivity index (χ0n) is 17.8. The lowest BCUT2D eigenvalue weighted by Crippen LogP contribution is -2.34. The molecular weight excluding hydrogens is 461 g/mol. The Bertz CT molecular complexity index is 1050. The van der Waals surface area contributed by atoms with E-state index >= 15 is 0 Å². The summed E-state index contributed by atoms with van der Waals surface area (Å²) in [7, 11) is -1.60. The van der Waals surface area contributed by atoms with Crippen LogP contribution in [0.25, 0.3) is 0 Å².